The topological polar surface area (TPSA) is 48.1 Å². The van der Waals surface area contributed by atoms with Crippen LogP contribution in [0.25, 0.3) is 0 Å². The van der Waals surface area contributed by atoms with E-state index < -0.39 is 0 Å². The number of rotatable bonds is 0. The first-order chi connectivity index (χ1) is 5.70. The Kier molecular flexibility index (Phi) is 1.54. The average Bonchev–Trinajstić information content (AvgIpc) is 2.04. The molecule has 2 rings (SSSR count). The fraction of sp³-hybridized carbons (Fsp3) is 0.444. The fourth-order valence-electron chi connectivity index (χ4n) is 1.43. The van der Waals surface area contributed by atoms with Crippen LogP contribution in [0.15, 0.2) is 18.3 Å². The number of nitrogens with zero attached hydrogens (tertiary/aromatic N) is 1. The van der Waals surface area contributed by atoms with E-state index in [9.17, 15) is 0 Å². The molecule has 64 valence electrons. The van der Waals surface area contributed by atoms with Gasteiger partial charge in [0.25, 0.3) is 0 Å². The number of pyridine rings is 1. The lowest BCUT2D eigenvalue weighted by Gasteiger charge is -2.30. The van der Waals surface area contributed by atoms with E-state index >= 15 is 0 Å². The monoisotopic (exact) mass is 164 g/mol. The van der Waals surface area contributed by atoms with Gasteiger partial charge < -0.3 is 10.5 Å². The van der Waals surface area contributed by atoms with E-state index in [2.05, 4.69) is 4.98 Å². The Labute approximate surface area is 71.6 Å². The summed E-state index contributed by atoms with van der Waals surface area (Å²) in [6, 6.07) is 3.77. The van der Waals surface area contributed by atoms with Gasteiger partial charge in [-0.05, 0) is 19.1 Å². The SMILES string of the molecule is CC1(N)CCOc2cccnc21. The van der Waals surface area contributed by atoms with Gasteiger partial charge >= 0.3 is 0 Å². The lowest BCUT2D eigenvalue weighted by molar-refractivity contribution is 0.222. The van der Waals surface area contributed by atoms with Crippen molar-refractivity contribution >= 4 is 0 Å². The largest absolute Gasteiger partial charge is 0.492 e. The highest BCUT2D eigenvalue weighted by Crippen LogP contribution is 2.32. The Balaban J connectivity index is 2.52. The van der Waals surface area contributed by atoms with Gasteiger partial charge in [-0.1, -0.05) is 0 Å². The average molecular weight is 164 g/mol. The van der Waals surface area contributed by atoms with E-state index in [1.807, 2.05) is 19.1 Å². The van der Waals surface area contributed by atoms with Gasteiger partial charge in [0.2, 0.25) is 0 Å². The van der Waals surface area contributed by atoms with Gasteiger partial charge in [-0.25, -0.2) is 0 Å². The summed E-state index contributed by atoms with van der Waals surface area (Å²) in [6.45, 7) is 2.67. The molecular weight excluding hydrogens is 152 g/mol. The molecule has 0 saturated carbocycles. The van der Waals surface area contributed by atoms with E-state index in [4.69, 9.17) is 10.5 Å². The molecule has 2 heterocycles. The maximum absolute atomic E-state index is 6.05. The van der Waals surface area contributed by atoms with E-state index in [1.54, 1.807) is 6.20 Å². The van der Waals surface area contributed by atoms with Crippen LogP contribution in [-0.4, -0.2) is 11.6 Å². The van der Waals surface area contributed by atoms with Gasteiger partial charge in [-0.3, -0.25) is 4.98 Å². The Bertz CT molecular complexity index is 296. The summed E-state index contributed by atoms with van der Waals surface area (Å²) in [6.07, 6.45) is 2.58. The third-order valence-electron chi connectivity index (χ3n) is 2.19. The van der Waals surface area contributed by atoms with Crippen molar-refractivity contribution in [1.29, 1.82) is 0 Å². The van der Waals surface area contributed by atoms with Crippen LogP contribution in [0, 0.1) is 0 Å². The van der Waals surface area contributed by atoms with Crippen molar-refractivity contribution in [3.05, 3.63) is 24.0 Å². The Morgan fingerprint density at radius 3 is 3.25 bits per heavy atom. The van der Waals surface area contributed by atoms with Gasteiger partial charge in [0.15, 0.2) is 0 Å². The molecule has 3 nitrogen and oxygen atoms in total. The molecule has 1 aliphatic heterocycles. The third kappa shape index (κ3) is 1.06. The van der Waals surface area contributed by atoms with E-state index in [0.29, 0.717) is 6.61 Å². The number of ether oxygens (including phenoxy) is 1. The highest BCUT2D eigenvalue weighted by Gasteiger charge is 2.30. The van der Waals surface area contributed by atoms with Crippen LogP contribution in [-0.2, 0) is 5.54 Å². The van der Waals surface area contributed by atoms with E-state index in [1.165, 1.54) is 0 Å². The molecule has 1 aromatic heterocycles. The number of fused-ring (bicyclic) bond motifs is 1. The molecule has 0 bridgehead atoms. The van der Waals surface area contributed by atoms with Crippen molar-refractivity contribution in [3.63, 3.8) is 0 Å². The summed E-state index contributed by atoms with van der Waals surface area (Å²) < 4.78 is 5.42. The van der Waals surface area contributed by atoms with E-state index in [-0.39, 0.29) is 5.54 Å². The van der Waals surface area contributed by atoms with Gasteiger partial charge in [0, 0.05) is 12.6 Å². The van der Waals surface area contributed by atoms with Crippen LogP contribution in [0.5, 0.6) is 5.75 Å². The second-order valence-corrected chi connectivity index (χ2v) is 3.37. The number of hydrogen-bond donors (Lipinski definition) is 1. The Morgan fingerprint density at radius 2 is 2.50 bits per heavy atom. The molecular formula is C9H12N2O. The zero-order valence-corrected chi connectivity index (χ0v) is 7.08. The van der Waals surface area contributed by atoms with Gasteiger partial charge in [0.1, 0.15) is 11.4 Å². The van der Waals surface area contributed by atoms with Crippen molar-refractivity contribution in [3.8, 4) is 5.75 Å². The molecule has 1 unspecified atom stereocenters. The number of aromatic nitrogens is 1. The minimum atomic E-state index is -0.325. The maximum Gasteiger partial charge on any atom is 0.142 e. The fourth-order valence-corrected chi connectivity index (χ4v) is 1.43. The molecule has 0 fully saturated rings. The van der Waals surface area contributed by atoms with Crippen molar-refractivity contribution in [2.45, 2.75) is 18.9 Å². The van der Waals surface area contributed by atoms with Crippen LogP contribution in [0.1, 0.15) is 19.0 Å². The smallest absolute Gasteiger partial charge is 0.142 e. The lowest BCUT2D eigenvalue weighted by Crippen LogP contribution is -2.39. The first-order valence-corrected chi connectivity index (χ1v) is 4.07. The first kappa shape index (κ1) is 7.55. The van der Waals surface area contributed by atoms with Gasteiger partial charge in [-0.15, -0.1) is 0 Å². The zero-order valence-electron chi connectivity index (χ0n) is 7.08. The van der Waals surface area contributed by atoms with Crippen LogP contribution < -0.4 is 10.5 Å². The second-order valence-electron chi connectivity index (χ2n) is 3.37. The molecule has 0 radical (unpaired) electrons. The van der Waals surface area contributed by atoms with Gasteiger partial charge in [0.05, 0.1) is 12.1 Å². The summed E-state index contributed by atoms with van der Waals surface area (Å²) >= 11 is 0. The van der Waals surface area contributed by atoms with E-state index in [0.717, 1.165) is 17.9 Å². The molecule has 0 spiro atoms. The summed E-state index contributed by atoms with van der Waals surface area (Å²) in [5.41, 5.74) is 6.59. The minimum Gasteiger partial charge on any atom is -0.492 e. The van der Waals surface area contributed by atoms with Crippen LogP contribution in [0.2, 0.25) is 0 Å². The van der Waals surface area contributed by atoms with Gasteiger partial charge in [-0.2, -0.15) is 0 Å². The van der Waals surface area contributed by atoms with Crippen molar-refractivity contribution in [2.24, 2.45) is 5.73 Å². The third-order valence-corrected chi connectivity index (χ3v) is 2.19. The maximum atomic E-state index is 6.05. The summed E-state index contributed by atoms with van der Waals surface area (Å²) in [5, 5.41) is 0. The lowest BCUT2D eigenvalue weighted by atomic mass is 9.92. The predicted molar refractivity (Wildman–Crippen MR) is 45.9 cm³/mol. The molecule has 0 amide bonds. The number of hydrogen-bond acceptors (Lipinski definition) is 3. The summed E-state index contributed by atoms with van der Waals surface area (Å²) in [4.78, 5) is 4.22. The Morgan fingerprint density at radius 1 is 1.67 bits per heavy atom. The van der Waals surface area contributed by atoms with Crippen molar-refractivity contribution in [2.75, 3.05) is 6.61 Å². The standard InChI is InChI=1S/C9H12N2O/c1-9(10)4-6-12-7-3-2-5-11-8(7)9/h2-3,5H,4,6,10H2,1H3. The van der Waals surface area contributed by atoms with Crippen LogP contribution in [0.4, 0.5) is 0 Å². The number of nitrogens with two attached hydrogens (primary N) is 1. The normalized spacial score (nSPS) is 27.5. The van der Waals surface area contributed by atoms with Crippen LogP contribution >= 0.6 is 0 Å². The molecule has 0 saturated heterocycles. The molecule has 1 aromatic rings. The zero-order chi connectivity index (χ0) is 8.60. The van der Waals surface area contributed by atoms with Crippen LogP contribution in [0.3, 0.4) is 0 Å². The molecule has 2 N–H and O–H groups in total. The predicted octanol–water partition coefficient (Wildman–Crippen LogP) is 1.04. The summed E-state index contributed by atoms with van der Waals surface area (Å²) in [7, 11) is 0. The highest BCUT2D eigenvalue weighted by molar-refractivity contribution is 5.33. The molecule has 12 heavy (non-hydrogen) atoms. The molecule has 0 aromatic carbocycles. The molecule has 0 aliphatic carbocycles. The van der Waals surface area contributed by atoms with Crippen molar-refractivity contribution in [1.82, 2.24) is 4.98 Å². The second kappa shape index (κ2) is 2.45. The quantitative estimate of drug-likeness (QED) is 0.623. The molecule has 1 aliphatic rings. The summed E-state index contributed by atoms with van der Waals surface area (Å²) in [5.74, 6) is 0.828. The Hall–Kier alpha value is -1.09. The molecule has 3 heteroatoms. The first-order valence-electron chi connectivity index (χ1n) is 4.07. The minimum absolute atomic E-state index is 0.325. The highest BCUT2D eigenvalue weighted by atomic mass is 16.5. The van der Waals surface area contributed by atoms with Crippen molar-refractivity contribution < 1.29 is 4.74 Å². The molecule has 1 atom stereocenters.